The highest BCUT2D eigenvalue weighted by Gasteiger charge is 2.47. The van der Waals surface area contributed by atoms with Gasteiger partial charge in [-0.25, -0.2) is 4.68 Å². The van der Waals surface area contributed by atoms with Crippen LogP contribution in [0.25, 0.3) is 0 Å². The number of benzene rings is 2. The molecule has 1 aromatic heterocycles. The van der Waals surface area contributed by atoms with Gasteiger partial charge in [-0.3, -0.25) is 4.79 Å². The maximum atomic E-state index is 13.9. The number of alkyl halides is 3. The van der Waals surface area contributed by atoms with Crippen LogP contribution in [0.1, 0.15) is 34.6 Å². The topological polar surface area (TPSA) is 77.4 Å². The summed E-state index contributed by atoms with van der Waals surface area (Å²) in [6, 6.07) is 10.3. The Morgan fingerprint density at radius 3 is 2.72 bits per heavy atom. The fourth-order valence-electron chi connectivity index (χ4n) is 3.78. The number of rotatable bonds is 3. The molecule has 0 aliphatic carbocycles. The van der Waals surface area contributed by atoms with Gasteiger partial charge in [0.2, 0.25) is 6.79 Å². The Bertz CT molecular complexity index is 1200. The van der Waals surface area contributed by atoms with Crippen LogP contribution >= 0.6 is 11.6 Å². The summed E-state index contributed by atoms with van der Waals surface area (Å²) in [6.45, 7) is 0.0682. The summed E-state index contributed by atoms with van der Waals surface area (Å²) in [5, 5.41) is 9.88. The van der Waals surface area contributed by atoms with Crippen LogP contribution in [0.2, 0.25) is 5.02 Å². The molecule has 0 unspecified atom stereocenters. The number of fused-ring (bicyclic) bond motifs is 2. The number of nitrogens with one attached hydrogen (secondary N) is 2. The number of nitrogens with zero attached hydrogens (tertiary/aromatic N) is 2. The molecule has 0 saturated carbocycles. The van der Waals surface area contributed by atoms with Crippen molar-refractivity contribution in [3.8, 4) is 11.5 Å². The number of amides is 1. The first-order chi connectivity index (χ1) is 15.3. The van der Waals surface area contributed by atoms with E-state index in [2.05, 4.69) is 15.7 Å². The number of ether oxygens (including phenoxy) is 2. The largest absolute Gasteiger partial charge is 0.454 e. The van der Waals surface area contributed by atoms with E-state index in [0.717, 1.165) is 4.68 Å². The highest BCUT2D eigenvalue weighted by Crippen LogP contribution is 2.45. The number of aromatic nitrogens is 2. The van der Waals surface area contributed by atoms with Crippen LogP contribution in [-0.4, -0.2) is 28.7 Å². The van der Waals surface area contributed by atoms with Gasteiger partial charge in [-0.1, -0.05) is 29.8 Å². The summed E-state index contributed by atoms with van der Waals surface area (Å²) in [7, 11) is 0. The molecule has 2 N–H and O–H groups in total. The molecule has 5 rings (SSSR count). The van der Waals surface area contributed by atoms with E-state index in [0.29, 0.717) is 27.8 Å². The second kappa shape index (κ2) is 7.63. The predicted molar refractivity (Wildman–Crippen MR) is 110 cm³/mol. The van der Waals surface area contributed by atoms with Gasteiger partial charge in [0.25, 0.3) is 5.91 Å². The molecule has 7 nitrogen and oxygen atoms in total. The van der Waals surface area contributed by atoms with Gasteiger partial charge < -0.3 is 20.1 Å². The molecule has 3 aromatic rings. The fourth-order valence-corrected chi connectivity index (χ4v) is 3.96. The lowest BCUT2D eigenvalue weighted by Gasteiger charge is -2.33. The van der Waals surface area contributed by atoms with Crippen LogP contribution in [0.3, 0.4) is 0 Å². The fraction of sp³-hybridized carbons (Fsp3) is 0.238. The molecule has 2 atom stereocenters. The van der Waals surface area contributed by atoms with E-state index in [4.69, 9.17) is 21.1 Å². The first-order valence-electron chi connectivity index (χ1n) is 9.68. The zero-order chi connectivity index (χ0) is 22.5. The minimum atomic E-state index is -4.56. The van der Waals surface area contributed by atoms with Crippen LogP contribution in [-0.2, 0) is 0 Å². The zero-order valence-corrected chi connectivity index (χ0v) is 17.1. The van der Waals surface area contributed by atoms with Gasteiger partial charge in [0.15, 0.2) is 23.2 Å². The SMILES string of the molecule is O=C(Nc1ccccc1Cl)c1cc2n(n1)[C@@H](C(F)(F)F)C[C@@H](c1ccc3c(c1)OCO3)N2. The molecule has 0 bridgehead atoms. The monoisotopic (exact) mass is 464 g/mol. The van der Waals surface area contributed by atoms with Crippen LogP contribution in [0.5, 0.6) is 11.5 Å². The third-order valence-corrected chi connectivity index (χ3v) is 5.67. The minimum absolute atomic E-state index is 0.0682. The highest BCUT2D eigenvalue weighted by molar-refractivity contribution is 6.33. The number of halogens is 4. The van der Waals surface area contributed by atoms with Crippen molar-refractivity contribution >= 4 is 29.0 Å². The van der Waals surface area contributed by atoms with Gasteiger partial charge in [-0.2, -0.15) is 18.3 Å². The second-order valence-corrected chi connectivity index (χ2v) is 7.80. The van der Waals surface area contributed by atoms with E-state index >= 15 is 0 Å². The molecule has 32 heavy (non-hydrogen) atoms. The Morgan fingerprint density at radius 1 is 1.16 bits per heavy atom. The smallest absolute Gasteiger partial charge is 0.410 e. The first kappa shape index (κ1) is 20.5. The van der Waals surface area contributed by atoms with Crippen LogP contribution in [0.15, 0.2) is 48.5 Å². The molecule has 1 amide bonds. The average molecular weight is 465 g/mol. The summed E-state index contributed by atoms with van der Waals surface area (Å²) < 4.78 is 53.1. The third kappa shape index (κ3) is 3.70. The molecule has 3 heterocycles. The van der Waals surface area contributed by atoms with Gasteiger partial charge in [0, 0.05) is 12.5 Å². The number of carbonyl (C=O) groups is 1. The average Bonchev–Trinajstić information content (AvgIpc) is 3.40. The quantitative estimate of drug-likeness (QED) is 0.558. The summed E-state index contributed by atoms with van der Waals surface area (Å²) in [5.41, 5.74) is 0.787. The Balaban J connectivity index is 1.46. The van der Waals surface area contributed by atoms with Crippen molar-refractivity contribution in [2.45, 2.75) is 24.7 Å². The zero-order valence-electron chi connectivity index (χ0n) is 16.3. The van der Waals surface area contributed by atoms with Crippen LogP contribution in [0.4, 0.5) is 24.7 Å². The van der Waals surface area contributed by atoms with Crippen molar-refractivity contribution in [3.05, 3.63) is 64.8 Å². The Kier molecular flexibility index (Phi) is 4.89. The maximum Gasteiger partial charge on any atom is 0.410 e. The van der Waals surface area contributed by atoms with Crippen molar-refractivity contribution < 1.29 is 27.4 Å². The van der Waals surface area contributed by atoms with Crippen LogP contribution < -0.4 is 20.1 Å². The molecule has 0 fully saturated rings. The summed E-state index contributed by atoms with van der Waals surface area (Å²) in [6.07, 6.45) is -4.86. The maximum absolute atomic E-state index is 13.9. The minimum Gasteiger partial charge on any atom is -0.454 e. The van der Waals surface area contributed by atoms with Crippen molar-refractivity contribution in [1.82, 2.24) is 9.78 Å². The molecule has 2 aromatic carbocycles. The van der Waals surface area contributed by atoms with Crippen molar-refractivity contribution in [3.63, 3.8) is 0 Å². The lowest BCUT2D eigenvalue weighted by Crippen LogP contribution is -2.35. The molecule has 2 aliphatic heterocycles. The van der Waals surface area contributed by atoms with Crippen molar-refractivity contribution in [1.29, 1.82) is 0 Å². The summed E-state index contributed by atoms with van der Waals surface area (Å²) >= 11 is 6.05. The van der Waals surface area contributed by atoms with E-state index in [9.17, 15) is 18.0 Å². The van der Waals surface area contributed by atoms with E-state index in [1.165, 1.54) is 6.07 Å². The Hall–Kier alpha value is -3.40. The molecule has 0 saturated heterocycles. The highest BCUT2D eigenvalue weighted by atomic mass is 35.5. The van der Waals surface area contributed by atoms with Gasteiger partial charge in [-0.15, -0.1) is 0 Å². The lowest BCUT2D eigenvalue weighted by atomic mass is 9.96. The first-order valence-corrected chi connectivity index (χ1v) is 10.1. The second-order valence-electron chi connectivity index (χ2n) is 7.40. The number of anilines is 2. The molecular formula is C21H16ClF3N4O3. The summed E-state index contributed by atoms with van der Waals surface area (Å²) in [5.74, 6) is 0.445. The molecule has 2 aliphatic rings. The van der Waals surface area contributed by atoms with Crippen molar-refractivity contribution in [2.75, 3.05) is 17.4 Å². The van der Waals surface area contributed by atoms with Gasteiger partial charge >= 0.3 is 6.18 Å². The van der Waals surface area contributed by atoms with Crippen molar-refractivity contribution in [2.24, 2.45) is 0 Å². The van der Waals surface area contributed by atoms with E-state index in [-0.39, 0.29) is 24.7 Å². The number of hydrogen-bond acceptors (Lipinski definition) is 5. The standard InChI is InChI=1S/C21H16ClF3N4O3/c22-12-3-1-2-4-13(12)27-20(30)15-9-19-26-14(8-18(21(23,24)25)29(19)28-15)11-5-6-16-17(7-11)32-10-31-16/h1-7,9,14,18,26H,8,10H2,(H,27,30)/t14-,18+/m0/s1. The molecule has 11 heteroatoms. The van der Waals surface area contributed by atoms with Gasteiger partial charge in [0.1, 0.15) is 5.82 Å². The van der Waals surface area contributed by atoms with E-state index in [1.807, 2.05) is 0 Å². The number of hydrogen-bond donors (Lipinski definition) is 2. The molecule has 0 spiro atoms. The number of para-hydroxylation sites is 1. The molecule has 166 valence electrons. The Morgan fingerprint density at radius 2 is 1.94 bits per heavy atom. The normalized spacial score (nSPS) is 19.2. The molecule has 0 radical (unpaired) electrons. The number of carbonyl (C=O) groups excluding carboxylic acids is 1. The van der Waals surface area contributed by atoms with E-state index < -0.39 is 24.2 Å². The Labute approximate surface area is 185 Å². The third-order valence-electron chi connectivity index (χ3n) is 5.34. The van der Waals surface area contributed by atoms with Crippen LogP contribution in [0, 0.1) is 0 Å². The van der Waals surface area contributed by atoms with E-state index in [1.54, 1.807) is 42.5 Å². The molecular weight excluding hydrogens is 449 g/mol. The van der Waals surface area contributed by atoms with Gasteiger partial charge in [0.05, 0.1) is 16.8 Å². The summed E-state index contributed by atoms with van der Waals surface area (Å²) in [4.78, 5) is 12.6. The predicted octanol–water partition coefficient (Wildman–Crippen LogP) is 5.18. The van der Waals surface area contributed by atoms with Gasteiger partial charge in [-0.05, 0) is 29.8 Å². The lowest BCUT2D eigenvalue weighted by molar-refractivity contribution is -0.173.